The Hall–Kier alpha value is -5.14. The summed E-state index contributed by atoms with van der Waals surface area (Å²) in [6.07, 6.45) is 12.7. The van der Waals surface area contributed by atoms with Crippen molar-refractivity contribution < 1.29 is 0 Å². The first-order valence-corrected chi connectivity index (χ1v) is 21.0. The summed E-state index contributed by atoms with van der Waals surface area (Å²) in [7, 11) is 3.97. The van der Waals surface area contributed by atoms with E-state index in [2.05, 4.69) is 138 Å². The van der Waals surface area contributed by atoms with Crippen LogP contribution >= 0.6 is 0 Å². The number of benzene rings is 3. The number of piperidine rings is 1. The zero-order chi connectivity index (χ0) is 41.1. The summed E-state index contributed by atoms with van der Waals surface area (Å²) < 4.78 is 0. The lowest BCUT2D eigenvalue weighted by molar-refractivity contribution is -0.0980. The van der Waals surface area contributed by atoms with E-state index in [1.165, 1.54) is 61.2 Å². The Bertz CT molecular complexity index is 1960. The van der Waals surface area contributed by atoms with Gasteiger partial charge in [0.05, 0.1) is 5.69 Å². The van der Waals surface area contributed by atoms with E-state index in [1.54, 1.807) is 6.20 Å². The molecule has 1 aliphatic carbocycles. The lowest BCUT2D eigenvalue weighted by atomic mass is 9.55. The average Bonchev–Trinajstić information content (AvgIpc) is 3.22. The molecular weight excluding hydrogens is 699 g/mol. The number of likely N-dealkylation sites (tertiary alicyclic amines) is 1. The van der Waals surface area contributed by atoms with Gasteiger partial charge in [0.15, 0.2) is 5.82 Å². The maximum Gasteiger partial charge on any atom is 0.154 e. The highest BCUT2D eigenvalue weighted by Crippen LogP contribution is 2.57. The molecule has 1 spiro atoms. The van der Waals surface area contributed by atoms with E-state index in [0.29, 0.717) is 29.2 Å². The number of aromatic nitrogens is 2. The first kappa shape index (κ1) is 43.0. The molecule has 1 atom stereocenters. The summed E-state index contributed by atoms with van der Waals surface area (Å²) in [5, 5.41) is 11.4. The van der Waals surface area contributed by atoms with E-state index >= 15 is 0 Å². The number of nitrogens with one attached hydrogen (secondary N) is 1. The number of nitrogens with two attached hydrogens (primary N) is 1. The summed E-state index contributed by atoms with van der Waals surface area (Å²) in [6, 6.07) is 27.3. The highest BCUT2D eigenvalue weighted by atomic mass is 15.3. The molecule has 3 aliphatic rings. The second kappa shape index (κ2) is 19.8. The molecule has 3 heterocycles. The quantitative estimate of drug-likeness (QED) is 0.131. The first-order valence-electron chi connectivity index (χ1n) is 21.0. The normalized spacial score (nSPS) is 16.7. The SMILES string of the molecule is C=CCCC(C)N(C)C(=C)c1cc(N2CCC(N3CC4(CC(c5ccc(-c6cc(-c7ccccc7C)nnc6N)cc5)C4)C3)CC2)ccc1C=C.C=CNC.CC. The molecule has 3 N–H and O–H groups in total. The van der Waals surface area contributed by atoms with Crippen LogP contribution in [0, 0.1) is 12.3 Å². The number of allylic oxidation sites excluding steroid dienone is 1. The van der Waals surface area contributed by atoms with Crippen molar-refractivity contribution in [2.45, 2.75) is 84.2 Å². The standard InChI is InChI=1S/C45H54N6.C3H7N.C2H6/c1-7-9-13-32(4)49(6)33(5)41-25-39(20-19-34(41)8-2)50-23-21-38(22-24-50)51-29-45(30-51)27-37(28-45)35-15-17-36(18-16-35)42-26-43(47-48-44(42)46)40-14-11-10-12-31(40)3;1-3-4-2;1-2/h7-8,10-12,14-20,25-26,32,37-38H,1-2,5,9,13,21-24,27-30H2,3-4,6H3,(H2,46,48);3-4H,1H2,2H3;1-2H3. The van der Waals surface area contributed by atoms with E-state index in [0.717, 1.165) is 59.6 Å². The molecule has 2 saturated heterocycles. The molecule has 4 aromatic rings. The summed E-state index contributed by atoms with van der Waals surface area (Å²) in [4.78, 5) is 7.65. The Balaban J connectivity index is 0.000000973. The van der Waals surface area contributed by atoms with E-state index in [9.17, 15) is 0 Å². The van der Waals surface area contributed by atoms with Gasteiger partial charge in [0.1, 0.15) is 0 Å². The van der Waals surface area contributed by atoms with Gasteiger partial charge in [-0.2, -0.15) is 0 Å². The fourth-order valence-electron chi connectivity index (χ4n) is 8.78. The van der Waals surface area contributed by atoms with Crippen LogP contribution in [0.2, 0.25) is 0 Å². The predicted molar refractivity (Wildman–Crippen MR) is 246 cm³/mol. The zero-order valence-corrected chi connectivity index (χ0v) is 35.6. The van der Waals surface area contributed by atoms with Crippen molar-refractivity contribution >= 4 is 23.3 Å². The molecule has 3 fully saturated rings. The summed E-state index contributed by atoms with van der Waals surface area (Å²) >= 11 is 0. The number of hydrogen-bond donors (Lipinski definition) is 2. The minimum Gasteiger partial charge on any atom is -0.394 e. The molecule has 1 unspecified atom stereocenters. The van der Waals surface area contributed by atoms with Gasteiger partial charge in [0.2, 0.25) is 0 Å². The molecule has 7 heteroatoms. The van der Waals surface area contributed by atoms with Gasteiger partial charge in [0, 0.05) is 80.4 Å². The van der Waals surface area contributed by atoms with Crippen molar-refractivity contribution in [3.05, 3.63) is 134 Å². The zero-order valence-electron chi connectivity index (χ0n) is 35.6. The van der Waals surface area contributed by atoms with Crippen LogP contribution in [0.4, 0.5) is 11.5 Å². The minimum atomic E-state index is 0.396. The van der Waals surface area contributed by atoms with Crippen LogP contribution in [0.3, 0.4) is 0 Å². The maximum atomic E-state index is 6.31. The number of hydrogen-bond acceptors (Lipinski definition) is 7. The number of nitrogens with zero attached hydrogens (tertiary/aromatic N) is 5. The lowest BCUT2D eigenvalue weighted by Gasteiger charge is -2.62. The van der Waals surface area contributed by atoms with Gasteiger partial charge in [-0.3, -0.25) is 4.90 Å². The molecule has 0 radical (unpaired) electrons. The Kier molecular flexibility index (Phi) is 15.0. The fraction of sp³-hybridized carbons (Fsp3) is 0.400. The minimum absolute atomic E-state index is 0.396. The second-order valence-electron chi connectivity index (χ2n) is 15.9. The number of rotatable bonds is 13. The Morgan fingerprint density at radius 1 is 0.965 bits per heavy atom. The number of nitrogen functional groups attached to an aromatic ring is 1. The fourth-order valence-corrected chi connectivity index (χ4v) is 8.78. The van der Waals surface area contributed by atoms with Crippen molar-refractivity contribution in [2.24, 2.45) is 5.41 Å². The van der Waals surface area contributed by atoms with Gasteiger partial charge in [-0.25, -0.2) is 0 Å². The third-order valence-electron chi connectivity index (χ3n) is 12.4. The topological polar surface area (TPSA) is 73.5 Å². The van der Waals surface area contributed by atoms with Gasteiger partial charge in [-0.15, -0.1) is 16.8 Å². The van der Waals surface area contributed by atoms with Crippen LogP contribution < -0.4 is 16.0 Å². The first-order chi connectivity index (χ1) is 27.6. The van der Waals surface area contributed by atoms with Crippen molar-refractivity contribution in [2.75, 3.05) is 50.9 Å². The Morgan fingerprint density at radius 3 is 2.25 bits per heavy atom. The Morgan fingerprint density at radius 2 is 1.63 bits per heavy atom. The summed E-state index contributed by atoms with van der Waals surface area (Å²) in [6.45, 7) is 28.9. The monoisotopic (exact) mass is 766 g/mol. The maximum absolute atomic E-state index is 6.31. The number of anilines is 2. The molecule has 302 valence electrons. The van der Waals surface area contributed by atoms with Gasteiger partial charge in [-0.05, 0) is 110 Å². The van der Waals surface area contributed by atoms with Crippen LogP contribution in [-0.2, 0) is 0 Å². The Labute approximate surface area is 344 Å². The van der Waals surface area contributed by atoms with Crippen molar-refractivity contribution in [1.29, 1.82) is 0 Å². The van der Waals surface area contributed by atoms with Gasteiger partial charge in [0.25, 0.3) is 0 Å². The molecule has 0 bridgehead atoms. The van der Waals surface area contributed by atoms with E-state index in [4.69, 9.17) is 5.73 Å². The molecule has 57 heavy (non-hydrogen) atoms. The van der Waals surface area contributed by atoms with Crippen molar-refractivity contribution in [3.8, 4) is 22.4 Å². The highest BCUT2D eigenvalue weighted by molar-refractivity contribution is 5.78. The largest absolute Gasteiger partial charge is 0.394 e. The lowest BCUT2D eigenvalue weighted by Crippen LogP contribution is -2.65. The van der Waals surface area contributed by atoms with Crippen LogP contribution in [0.1, 0.15) is 87.5 Å². The number of aryl methyl sites for hydroxylation is 1. The van der Waals surface area contributed by atoms with Crippen LogP contribution in [0.15, 0.2) is 111 Å². The molecule has 3 aromatic carbocycles. The third-order valence-corrected chi connectivity index (χ3v) is 12.4. The third kappa shape index (κ3) is 9.88. The van der Waals surface area contributed by atoms with Gasteiger partial charge >= 0.3 is 0 Å². The van der Waals surface area contributed by atoms with E-state index < -0.39 is 0 Å². The average molecular weight is 766 g/mol. The van der Waals surface area contributed by atoms with Crippen LogP contribution in [-0.4, -0.2) is 72.4 Å². The molecule has 7 nitrogen and oxygen atoms in total. The van der Waals surface area contributed by atoms with Gasteiger partial charge < -0.3 is 20.9 Å². The van der Waals surface area contributed by atoms with E-state index in [-0.39, 0.29) is 0 Å². The summed E-state index contributed by atoms with van der Waals surface area (Å²) in [5.74, 6) is 1.11. The molecule has 1 saturated carbocycles. The highest BCUT2D eigenvalue weighted by Gasteiger charge is 2.53. The molecule has 2 aliphatic heterocycles. The predicted octanol–water partition coefficient (Wildman–Crippen LogP) is 10.8. The summed E-state index contributed by atoms with van der Waals surface area (Å²) in [5.41, 5.74) is 18.1. The van der Waals surface area contributed by atoms with E-state index in [1.807, 2.05) is 45.2 Å². The molecule has 0 amide bonds. The van der Waals surface area contributed by atoms with Crippen LogP contribution in [0.5, 0.6) is 0 Å². The second-order valence-corrected chi connectivity index (χ2v) is 15.9. The van der Waals surface area contributed by atoms with Crippen LogP contribution in [0.25, 0.3) is 34.2 Å². The van der Waals surface area contributed by atoms with Crippen molar-refractivity contribution in [1.82, 2.24) is 25.3 Å². The molecule has 7 rings (SSSR count). The molecule has 1 aromatic heterocycles. The van der Waals surface area contributed by atoms with Crippen molar-refractivity contribution in [3.63, 3.8) is 0 Å². The smallest absolute Gasteiger partial charge is 0.154 e. The van der Waals surface area contributed by atoms with Gasteiger partial charge in [-0.1, -0.05) is 100 Å². The molecular formula is C50H67N7.